The van der Waals surface area contributed by atoms with Gasteiger partial charge in [-0.25, -0.2) is 0 Å². The highest BCUT2D eigenvalue weighted by molar-refractivity contribution is 5.03. The Kier molecular flexibility index (Phi) is 6.51. The van der Waals surface area contributed by atoms with Crippen LogP contribution in [-0.4, -0.2) is 36.1 Å². The van der Waals surface area contributed by atoms with E-state index in [1.165, 1.54) is 58.0 Å². The maximum absolute atomic E-state index is 9.30. The molecule has 3 atom stereocenters. The first-order valence-electron chi connectivity index (χ1n) is 9.09. The summed E-state index contributed by atoms with van der Waals surface area (Å²) < 4.78 is 0. The molecule has 3 unspecified atom stereocenters. The molecule has 1 aliphatic heterocycles. The van der Waals surface area contributed by atoms with E-state index >= 15 is 0 Å². The van der Waals surface area contributed by atoms with E-state index in [1.54, 1.807) is 0 Å². The zero-order chi connectivity index (χ0) is 15.1. The predicted octanol–water partition coefficient (Wildman–Crippen LogP) is 3.70. The summed E-state index contributed by atoms with van der Waals surface area (Å²) in [5, 5.41) is 12.6. The molecular formula is C18H33N3. The van der Waals surface area contributed by atoms with Gasteiger partial charge in [0.2, 0.25) is 0 Å². The maximum atomic E-state index is 9.30. The minimum atomic E-state index is -0.329. The van der Waals surface area contributed by atoms with E-state index < -0.39 is 0 Å². The van der Waals surface area contributed by atoms with Crippen LogP contribution in [0.15, 0.2) is 0 Å². The Balaban J connectivity index is 1.71. The zero-order valence-electron chi connectivity index (χ0n) is 14.0. The van der Waals surface area contributed by atoms with E-state index in [9.17, 15) is 5.26 Å². The highest BCUT2D eigenvalue weighted by Crippen LogP contribution is 2.35. The van der Waals surface area contributed by atoms with Crippen molar-refractivity contribution in [3.8, 4) is 6.07 Å². The summed E-state index contributed by atoms with van der Waals surface area (Å²) in [4.78, 5) is 2.77. The van der Waals surface area contributed by atoms with Crippen molar-refractivity contribution in [2.45, 2.75) is 83.2 Å². The summed E-state index contributed by atoms with van der Waals surface area (Å²) in [7, 11) is 0. The molecule has 1 saturated carbocycles. The number of hydrogen-bond donors (Lipinski definition) is 1. The summed E-state index contributed by atoms with van der Waals surface area (Å²) in [5.41, 5.74) is -0.329. The minimum absolute atomic E-state index is 0.329. The van der Waals surface area contributed by atoms with E-state index in [-0.39, 0.29) is 5.54 Å². The van der Waals surface area contributed by atoms with Crippen LogP contribution < -0.4 is 5.32 Å². The molecule has 0 radical (unpaired) electrons. The number of nitrogens with one attached hydrogen (secondary N) is 1. The van der Waals surface area contributed by atoms with Crippen LogP contribution in [-0.2, 0) is 0 Å². The number of likely N-dealkylation sites (tertiary alicyclic amines) is 1. The molecule has 21 heavy (non-hydrogen) atoms. The van der Waals surface area contributed by atoms with Gasteiger partial charge < -0.3 is 4.90 Å². The second-order valence-electron chi connectivity index (χ2n) is 7.22. The first-order chi connectivity index (χ1) is 10.2. The number of nitriles is 1. The topological polar surface area (TPSA) is 39.1 Å². The highest BCUT2D eigenvalue weighted by Gasteiger charge is 2.32. The summed E-state index contributed by atoms with van der Waals surface area (Å²) >= 11 is 0. The first-order valence-corrected chi connectivity index (χ1v) is 9.09. The molecule has 3 heteroatoms. The molecule has 120 valence electrons. The number of piperidine rings is 1. The predicted molar refractivity (Wildman–Crippen MR) is 88.1 cm³/mol. The van der Waals surface area contributed by atoms with Crippen molar-refractivity contribution in [1.82, 2.24) is 10.2 Å². The molecule has 2 aliphatic rings. The Morgan fingerprint density at radius 3 is 2.71 bits per heavy atom. The normalized spacial score (nSPS) is 29.4. The van der Waals surface area contributed by atoms with Crippen molar-refractivity contribution >= 4 is 0 Å². The molecule has 0 spiro atoms. The maximum Gasteiger partial charge on any atom is 0.103 e. The molecular weight excluding hydrogens is 258 g/mol. The third-order valence-electron chi connectivity index (χ3n) is 5.54. The standard InChI is InChI=1S/C18H33N3/c1-3-20-18(2,15-19)12-6-7-13-21-14-8-10-16-9-4-5-11-17(16)21/h16-17,20H,3-14H2,1-2H3. The molecule has 3 nitrogen and oxygen atoms in total. The van der Waals surface area contributed by atoms with Crippen molar-refractivity contribution in [2.75, 3.05) is 19.6 Å². The summed E-state index contributed by atoms with van der Waals surface area (Å²) in [5.74, 6) is 0.985. The van der Waals surface area contributed by atoms with E-state index in [0.717, 1.165) is 31.3 Å². The van der Waals surface area contributed by atoms with Gasteiger partial charge in [0.05, 0.1) is 6.07 Å². The Morgan fingerprint density at radius 1 is 1.19 bits per heavy atom. The quantitative estimate of drug-likeness (QED) is 0.727. The summed E-state index contributed by atoms with van der Waals surface area (Å²) in [6.07, 6.45) is 12.0. The van der Waals surface area contributed by atoms with Crippen molar-refractivity contribution in [3.63, 3.8) is 0 Å². The zero-order valence-corrected chi connectivity index (χ0v) is 14.0. The van der Waals surface area contributed by atoms with Crippen LogP contribution in [0.3, 0.4) is 0 Å². The fourth-order valence-corrected chi connectivity index (χ4v) is 4.37. The van der Waals surface area contributed by atoms with Gasteiger partial charge in [-0.1, -0.05) is 19.8 Å². The molecule has 2 fully saturated rings. The van der Waals surface area contributed by atoms with Gasteiger partial charge in [-0.05, 0) is 77.4 Å². The SMILES string of the molecule is CCNC(C)(C#N)CCCCN1CCCC2CCCCC21. The van der Waals surface area contributed by atoms with E-state index in [1.807, 2.05) is 6.92 Å². The number of hydrogen-bond acceptors (Lipinski definition) is 3. The van der Waals surface area contributed by atoms with Gasteiger partial charge in [0, 0.05) is 6.04 Å². The third-order valence-corrected chi connectivity index (χ3v) is 5.54. The van der Waals surface area contributed by atoms with Crippen molar-refractivity contribution in [3.05, 3.63) is 0 Å². The fraction of sp³-hybridized carbons (Fsp3) is 0.944. The molecule has 0 aromatic rings. The smallest absolute Gasteiger partial charge is 0.103 e. The molecule has 0 aromatic heterocycles. The van der Waals surface area contributed by atoms with E-state index in [4.69, 9.17) is 0 Å². The van der Waals surface area contributed by atoms with Gasteiger partial charge in [-0.2, -0.15) is 5.26 Å². The van der Waals surface area contributed by atoms with Gasteiger partial charge in [-0.3, -0.25) is 5.32 Å². The summed E-state index contributed by atoms with van der Waals surface area (Å²) in [6, 6.07) is 3.32. The number of fused-ring (bicyclic) bond motifs is 1. The van der Waals surface area contributed by atoms with Crippen LogP contribution in [0.4, 0.5) is 0 Å². The van der Waals surface area contributed by atoms with Gasteiger partial charge >= 0.3 is 0 Å². The van der Waals surface area contributed by atoms with E-state index in [2.05, 4.69) is 23.2 Å². The Hall–Kier alpha value is -0.590. The molecule has 1 aliphatic carbocycles. The van der Waals surface area contributed by atoms with Crippen molar-refractivity contribution in [1.29, 1.82) is 5.26 Å². The van der Waals surface area contributed by atoms with Crippen LogP contribution in [0.5, 0.6) is 0 Å². The van der Waals surface area contributed by atoms with Gasteiger partial charge in [0.15, 0.2) is 0 Å². The average molecular weight is 291 g/mol. The fourth-order valence-electron chi connectivity index (χ4n) is 4.37. The lowest BCUT2D eigenvalue weighted by Gasteiger charge is -2.44. The largest absolute Gasteiger partial charge is 0.300 e. The van der Waals surface area contributed by atoms with Crippen LogP contribution in [0, 0.1) is 17.2 Å². The Morgan fingerprint density at radius 2 is 1.95 bits per heavy atom. The monoisotopic (exact) mass is 291 g/mol. The molecule has 1 N–H and O–H groups in total. The van der Waals surface area contributed by atoms with Crippen LogP contribution in [0.25, 0.3) is 0 Å². The lowest BCUT2D eigenvalue weighted by molar-refractivity contribution is 0.0592. The van der Waals surface area contributed by atoms with E-state index in [0.29, 0.717) is 0 Å². The van der Waals surface area contributed by atoms with Gasteiger partial charge in [0.1, 0.15) is 5.54 Å². The second-order valence-corrected chi connectivity index (χ2v) is 7.22. The lowest BCUT2D eigenvalue weighted by Crippen LogP contribution is -2.47. The van der Waals surface area contributed by atoms with Crippen LogP contribution in [0.1, 0.15) is 71.6 Å². The first kappa shape index (κ1) is 16.8. The lowest BCUT2D eigenvalue weighted by atomic mass is 9.78. The van der Waals surface area contributed by atoms with Crippen LogP contribution in [0.2, 0.25) is 0 Å². The molecule has 0 aromatic carbocycles. The third kappa shape index (κ3) is 4.69. The van der Waals surface area contributed by atoms with Gasteiger partial charge in [0.25, 0.3) is 0 Å². The Bertz CT molecular complexity index is 347. The number of rotatable bonds is 7. The minimum Gasteiger partial charge on any atom is -0.300 e. The number of unbranched alkanes of at least 4 members (excludes halogenated alkanes) is 1. The molecule has 0 amide bonds. The Labute approximate surface area is 131 Å². The summed E-state index contributed by atoms with van der Waals surface area (Å²) in [6.45, 7) is 7.54. The van der Waals surface area contributed by atoms with Crippen molar-refractivity contribution < 1.29 is 0 Å². The average Bonchev–Trinajstić information content (AvgIpc) is 2.52. The van der Waals surface area contributed by atoms with Crippen molar-refractivity contribution in [2.24, 2.45) is 5.92 Å². The molecule has 1 saturated heterocycles. The van der Waals surface area contributed by atoms with Crippen LogP contribution >= 0.6 is 0 Å². The second kappa shape index (κ2) is 8.15. The molecule has 2 rings (SSSR count). The molecule has 1 heterocycles. The van der Waals surface area contributed by atoms with Gasteiger partial charge in [-0.15, -0.1) is 0 Å². The highest BCUT2D eigenvalue weighted by atomic mass is 15.2. The molecule has 0 bridgehead atoms. The number of nitrogens with zero attached hydrogens (tertiary/aromatic N) is 2.